The number of hydrogen-bond donors (Lipinski definition) is 1. The molecule has 0 aliphatic heterocycles. The quantitative estimate of drug-likeness (QED) is 0.0373. The zero-order valence-corrected chi connectivity index (χ0v) is 37.2. The molecule has 0 aliphatic rings. The molecule has 0 aliphatic carbocycles. The van der Waals surface area contributed by atoms with E-state index in [-0.39, 0.29) is 36.2 Å². The first kappa shape index (κ1) is 53.3. The highest BCUT2D eigenvalue weighted by molar-refractivity contribution is 5.72. The van der Waals surface area contributed by atoms with Gasteiger partial charge in [-0.05, 0) is 12.8 Å². The topological polar surface area (TPSA) is 99.1 Å². The van der Waals surface area contributed by atoms with E-state index in [0.29, 0.717) is 19.3 Å². The molecular weight excluding hydrogens is 691 g/mol. The van der Waals surface area contributed by atoms with Gasteiger partial charge >= 0.3 is 17.9 Å². The van der Waals surface area contributed by atoms with Crippen LogP contribution in [0.2, 0.25) is 0 Å². The predicted molar refractivity (Wildman–Crippen MR) is 229 cm³/mol. The van der Waals surface area contributed by atoms with Crippen LogP contribution in [-0.2, 0) is 28.6 Å². The van der Waals surface area contributed by atoms with E-state index in [1.54, 1.807) is 0 Å². The first-order valence-corrected chi connectivity index (χ1v) is 23.6. The van der Waals surface area contributed by atoms with E-state index in [4.69, 9.17) is 14.2 Å². The molecule has 0 aromatic rings. The molecule has 0 fully saturated rings. The Morgan fingerprint density at radius 3 is 1.13 bits per heavy atom. The monoisotopic (exact) mass is 783 g/mol. The maximum absolute atomic E-state index is 12.6. The van der Waals surface area contributed by atoms with Crippen LogP contribution in [0.25, 0.3) is 0 Å². The van der Waals surface area contributed by atoms with Gasteiger partial charge in [-0.3, -0.25) is 9.59 Å². The van der Waals surface area contributed by atoms with Crippen LogP contribution in [-0.4, -0.2) is 80.6 Å². The molecule has 1 N–H and O–H groups in total. The SMILES string of the molecule is CCCCCCCCCCCCCCCCCCCCCCCCC(=O)OCC(COCCC(C(=O)O)[N+](C)(C)C)OC(=O)CCCCCCCCCCC. The number of ether oxygens (including phenoxy) is 3. The van der Waals surface area contributed by atoms with Gasteiger partial charge in [-0.15, -0.1) is 0 Å². The van der Waals surface area contributed by atoms with Gasteiger partial charge < -0.3 is 23.8 Å². The number of quaternary nitrogens is 1. The molecule has 2 atom stereocenters. The van der Waals surface area contributed by atoms with E-state index in [1.807, 2.05) is 21.1 Å². The fourth-order valence-electron chi connectivity index (χ4n) is 7.33. The van der Waals surface area contributed by atoms with Crippen LogP contribution in [0.5, 0.6) is 0 Å². The number of nitrogens with zero attached hydrogens (tertiary/aromatic N) is 1. The molecule has 0 aromatic carbocycles. The molecule has 55 heavy (non-hydrogen) atoms. The number of carbonyl (C=O) groups is 3. The number of carbonyl (C=O) groups excluding carboxylic acids is 2. The molecule has 0 rings (SSSR count). The lowest BCUT2D eigenvalue weighted by Crippen LogP contribution is -2.50. The van der Waals surface area contributed by atoms with Crippen LogP contribution in [0.15, 0.2) is 0 Å². The summed E-state index contributed by atoms with van der Waals surface area (Å²) in [5.41, 5.74) is 0. The van der Waals surface area contributed by atoms with E-state index in [0.717, 1.165) is 38.5 Å². The minimum atomic E-state index is -0.871. The molecule has 2 unspecified atom stereocenters. The summed E-state index contributed by atoms with van der Waals surface area (Å²) in [7, 11) is 5.53. The van der Waals surface area contributed by atoms with Crippen LogP contribution >= 0.6 is 0 Å². The summed E-state index contributed by atoms with van der Waals surface area (Å²) in [6.45, 7) is 4.75. The van der Waals surface area contributed by atoms with E-state index in [9.17, 15) is 19.5 Å². The lowest BCUT2D eigenvalue weighted by molar-refractivity contribution is -0.887. The van der Waals surface area contributed by atoms with E-state index in [2.05, 4.69) is 13.8 Å². The molecule has 0 spiro atoms. The van der Waals surface area contributed by atoms with Gasteiger partial charge in [0.25, 0.3) is 0 Å². The molecule has 0 saturated carbocycles. The highest BCUT2D eigenvalue weighted by atomic mass is 16.6. The molecule has 8 heteroatoms. The zero-order valence-electron chi connectivity index (χ0n) is 37.2. The van der Waals surface area contributed by atoms with Crippen molar-refractivity contribution in [2.24, 2.45) is 0 Å². The molecule has 0 heterocycles. The molecule has 0 aromatic heterocycles. The standard InChI is InChI=1S/C47H91NO7/c1-6-8-10-12-14-16-17-18-19-20-21-22-23-24-25-26-27-28-30-31-33-35-37-45(49)54-42-43(41-53-40-39-44(47(51)52)48(3,4)5)55-46(50)38-36-34-32-29-15-13-11-9-7-2/h43-44H,6-42H2,1-5H3/p+1. The molecule has 0 radical (unpaired) electrons. The van der Waals surface area contributed by atoms with Crippen molar-refractivity contribution in [3.8, 4) is 0 Å². The van der Waals surface area contributed by atoms with Crippen LogP contribution in [0.3, 0.4) is 0 Å². The third kappa shape index (κ3) is 37.7. The first-order valence-electron chi connectivity index (χ1n) is 23.6. The third-order valence-corrected chi connectivity index (χ3v) is 11.0. The van der Waals surface area contributed by atoms with Crippen molar-refractivity contribution in [3.63, 3.8) is 0 Å². The first-order chi connectivity index (χ1) is 26.6. The number of hydrogen-bond acceptors (Lipinski definition) is 6. The molecule has 8 nitrogen and oxygen atoms in total. The summed E-state index contributed by atoms with van der Waals surface area (Å²) in [4.78, 5) is 36.9. The van der Waals surface area contributed by atoms with Crippen LogP contribution in [0.1, 0.15) is 232 Å². The number of likely N-dealkylation sites (N-methyl/N-ethyl adjacent to an activating group) is 1. The summed E-state index contributed by atoms with van der Waals surface area (Å²) in [6.07, 6.45) is 40.2. The third-order valence-electron chi connectivity index (χ3n) is 11.0. The second kappa shape index (κ2) is 39.2. The fourth-order valence-corrected chi connectivity index (χ4v) is 7.33. The van der Waals surface area contributed by atoms with Gasteiger partial charge in [-0.25, -0.2) is 4.79 Å². The highest BCUT2D eigenvalue weighted by Gasteiger charge is 2.31. The van der Waals surface area contributed by atoms with Gasteiger partial charge in [0.05, 0.1) is 34.4 Å². The maximum Gasteiger partial charge on any atom is 0.362 e. The zero-order chi connectivity index (χ0) is 40.7. The van der Waals surface area contributed by atoms with Crippen molar-refractivity contribution >= 4 is 17.9 Å². The lowest BCUT2D eigenvalue weighted by atomic mass is 10.0. The van der Waals surface area contributed by atoms with Gasteiger partial charge in [-0.1, -0.05) is 200 Å². The summed E-state index contributed by atoms with van der Waals surface area (Å²) < 4.78 is 17.3. The molecule has 326 valence electrons. The largest absolute Gasteiger partial charge is 0.477 e. The second-order valence-corrected chi connectivity index (χ2v) is 17.4. The second-order valence-electron chi connectivity index (χ2n) is 17.4. The van der Waals surface area contributed by atoms with Crippen molar-refractivity contribution in [2.45, 2.75) is 244 Å². The van der Waals surface area contributed by atoms with Gasteiger partial charge in [0.1, 0.15) is 6.61 Å². The van der Waals surface area contributed by atoms with Gasteiger partial charge in [0, 0.05) is 19.3 Å². The van der Waals surface area contributed by atoms with Crippen molar-refractivity contribution in [2.75, 3.05) is 41.0 Å². The van der Waals surface area contributed by atoms with Crippen molar-refractivity contribution in [1.82, 2.24) is 0 Å². The minimum Gasteiger partial charge on any atom is -0.477 e. The Bertz CT molecular complexity index is 874. The Hall–Kier alpha value is -1.67. The molecule has 0 amide bonds. The maximum atomic E-state index is 12.6. The average molecular weight is 783 g/mol. The average Bonchev–Trinajstić information content (AvgIpc) is 3.14. The van der Waals surface area contributed by atoms with Gasteiger partial charge in [0.15, 0.2) is 12.1 Å². The summed E-state index contributed by atoms with van der Waals surface area (Å²) in [6, 6.07) is -0.607. The molecule has 0 bridgehead atoms. The van der Waals surface area contributed by atoms with Gasteiger partial charge in [-0.2, -0.15) is 0 Å². The van der Waals surface area contributed by atoms with E-state index >= 15 is 0 Å². The van der Waals surface area contributed by atoms with Gasteiger partial charge in [0.2, 0.25) is 0 Å². The van der Waals surface area contributed by atoms with Crippen molar-refractivity contribution < 1.29 is 38.2 Å². The number of carboxylic acid groups (broad SMARTS) is 1. The van der Waals surface area contributed by atoms with Crippen LogP contribution in [0.4, 0.5) is 0 Å². The summed E-state index contributed by atoms with van der Waals surface area (Å²) in [5.74, 6) is -1.45. The molecule has 0 saturated heterocycles. The van der Waals surface area contributed by atoms with Crippen molar-refractivity contribution in [3.05, 3.63) is 0 Å². The van der Waals surface area contributed by atoms with E-state index < -0.39 is 18.1 Å². The summed E-state index contributed by atoms with van der Waals surface area (Å²) >= 11 is 0. The Labute approximate surface area is 340 Å². The Morgan fingerprint density at radius 1 is 0.473 bits per heavy atom. The lowest BCUT2D eigenvalue weighted by Gasteiger charge is -2.31. The Kier molecular flexibility index (Phi) is 38.0. The number of carboxylic acids is 1. The van der Waals surface area contributed by atoms with Crippen LogP contribution < -0.4 is 0 Å². The number of rotatable bonds is 43. The smallest absolute Gasteiger partial charge is 0.362 e. The highest BCUT2D eigenvalue weighted by Crippen LogP contribution is 2.17. The Balaban J connectivity index is 4.09. The van der Waals surface area contributed by atoms with Crippen molar-refractivity contribution in [1.29, 1.82) is 0 Å². The number of unbranched alkanes of at least 4 members (excludes halogenated alkanes) is 29. The minimum absolute atomic E-state index is 0.0423. The predicted octanol–water partition coefficient (Wildman–Crippen LogP) is 12.9. The summed E-state index contributed by atoms with van der Waals surface area (Å²) in [5, 5.41) is 9.60. The normalized spacial score (nSPS) is 12.8. The van der Waals surface area contributed by atoms with Crippen LogP contribution in [0, 0.1) is 0 Å². The number of aliphatic carboxylic acids is 1. The molecular formula is C47H92NO7+. The Morgan fingerprint density at radius 2 is 0.800 bits per heavy atom. The fraction of sp³-hybridized carbons (Fsp3) is 0.936. The number of esters is 2. The van der Waals surface area contributed by atoms with E-state index in [1.165, 1.54) is 161 Å².